The minimum Gasteiger partial charge on any atom is 0 e. The first kappa shape index (κ1) is 37.4. The molecule has 0 bridgehead atoms. The van der Waals surface area contributed by atoms with E-state index in [9.17, 15) is 0 Å². The van der Waals surface area contributed by atoms with Crippen molar-refractivity contribution in [2.45, 2.75) is 0 Å². The summed E-state index contributed by atoms with van der Waals surface area (Å²) in [5.41, 5.74) is 0. The van der Waals surface area contributed by atoms with Gasteiger partial charge >= 0.3 is 23.1 Å². The Kier molecular flexibility index (Phi) is 186. The van der Waals surface area contributed by atoms with Crippen LogP contribution >= 0.6 is 0 Å². The van der Waals surface area contributed by atoms with Crippen LogP contribution < -0.4 is 0 Å². The molecule has 0 aliphatic carbocycles. The van der Waals surface area contributed by atoms with E-state index in [2.05, 4.69) is 0 Å². The molecule has 0 aromatic heterocycles. The molecule has 0 fully saturated rings. The predicted molar refractivity (Wildman–Crippen MR) is 20.1 cm³/mol. The van der Waals surface area contributed by atoms with E-state index in [1.54, 1.807) is 0 Å². The van der Waals surface area contributed by atoms with Crippen molar-refractivity contribution in [3.8, 4) is 0 Å². The van der Waals surface area contributed by atoms with Crippen molar-refractivity contribution in [3.05, 3.63) is 0 Å². The number of hydrogen-bond acceptors (Lipinski definition) is 0. The van der Waals surface area contributed by atoms with Gasteiger partial charge in [-0.1, -0.05) is 0 Å². The fourth-order valence-corrected chi connectivity index (χ4v) is 0. The summed E-state index contributed by atoms with van der Waals surface area (Å²) in [4.78, 5) is 0. The maximum absolute atomic E-state index is 0. The van der Waals surface area contributed by atoms with Gasteiger partial charge in [-0.2, -0.15) is 0 Å². The number of rotatable bonds is 0. The molecule has 0 heterocycles. The van der Waals surface area contributed by atoms with Crippen molar-refractivity contribution in [3.63, 3.8) is 0 Å². The fraction of sp³-hybridized carbons (Fsp3) is 0. The van der Waals surface area contributed by atoms with Gasteiger partial charge in [-0.3, -0.25) is 0 Å². The molecule has 0 aliphatic rings. The van der Waals surface area contributed by atoms with E-state index < -0.39 is 0 Å². The molecule has 0 spiro atoms. The first-order valence-electron chi connectivity index (χ1n) is 0. The SMILES string of the molecule is [Al].[MgH2].[Ni].[Si]. The van der Waals surface area contributed by atoms with Gasteiger partial charge in [0.2, 0.25) is 0 Å². The smallest absolute Gasteiger partial charge is 0 e. The van der Waals surface area contributed by atoms with Gasteiger partial charge in [0.1, 0.15) is 0 Å². The minimum atomic E-state index is 0. The van der Waals surface area contributed by atoms with E-state index in [4.69, 9.17) is 0 Å². The zero-order chi connectivity index (χ0) is 0. The Hall–Kier alpha value is 2.01. The first-order chi connectivity index (χ1) is 0. The summed E-state index contributed by atoms with van der Waals surface area (Å²) in [6.07, 6.45) is 0. The molecule has 21 valence electrons. The maximum atomic E-state index is 0. The van der Waals surface area contributed by atoms with Crippen LogP contribution in [0.3, 0.4) is 0 Å². The van der Waals surface area contributed by atoms with Gasteiger partial charge in [0, 0.05) is 44.8 Å². The summed E-state index contributed by atoms with van der Waals surface area (Å²) >= 11 is 0. The van der Waals surface area contributed by atoms with E-state index in [1.807, 2.05) is 0 Å². The number of hydrogen-bond donors (Lipinski definition) is 0. The molecule has 0 amide bonds. The van der Waals surface area contributed by atoms with Crippen molar-refractivity contribution < 1.29 is 16.5 Å². The van der Waals surface area contributed by atoms with Crippen molar-refractivity contribution in [1.29, 1.82) is 0 Å². The molecule has 0 aromatic carbocycles. The van der Waals surface area contributed by atoms with E-state index in [1.165, 1.54) is 0 Å². The quantitative estimate of drug-likeness (QED) is 0.352. The van der Waals surface area contributed by atoms with Crippen LogP contribution in [0.2, 0.25) is 0 Å². The molecule has 0 aromatic rings. The Balaban J connectivity index is 0. The molecule has 4 heteroatoms. The summed E-state index contributed by atoms with van der Waals surface area (Å²) in [5.74, 6) is 0. The second-order valence-electron chi connectivity index (χ2n) is 0. The van der Waals surface area contributed by atoms with Crippen LogP contribution in [0.1, 0.15) is 0 Å². The summed E-state index contributed by atoms with van der Waals surface area (Å²) < 4.78 is 0. The third-order valence-corrected chi connectivity index (χ3v) is 0. The molecular formula is H2AlMgNiSi. The third-order valence-electron chi connectivity index (χ3n) is 0. The Morgan fingerprint density at radius 1 is 1.00 bits per heavy atom. The van der Waals surface area contributed by atoms with Crippen LogP contribution in [0, 0.1) is 0 Å². The second-order valence-corrected chi connectivity index (χ2v) is 0. The monoisotopic (exact) mass is 139 g/mol. The summed E-state index contributed by atoms with van der Waals surface area (Å²) in [5, 5.41) is 0. The minimum absolute atomic E-state index is 0. The van der Waals surface area contributed by atoms with Crippen LogP contribution in [0.25, 0.3) is 0 Å². The molecule has 4 heavy (non-hydrogen) atoms. The Morgan fingerprint density at radius 3 is 1.00 bits per heavy atom. The fourth-order valence-electron chi connectivity index (χ4n) is 0. The molecule has 0 rings (SSSR count). The summed E-state index contributed by atoms with van der Waals surface area (Å²) in [6.45, 7) is 0. The summed E-state index contributed by atoms with van der Waals surface area (Å²) in [7, 11) is 0. The molecule has 0 saturated heterocycles. The van der Waals surface area contributed by atoms with Gasteiger partial charge in [0.15, 0.2) is 0 Å². The van der Waals surface area contributed by atoms with E-state index in [0.717, 1.165) is 0 Å². The maximum Gasteiger partial charge on any atom is 0.316 e. The van der Waals surface area contributed by atoms with Crippen LogP contribution in [-0.2, 0) is 16.5 Å². The van der Waals surface area contributed by atoms with Crippen molar-refractivity contribution in [1.82, 2.24) is 0 Å². The van der Waals surface area contributed by atoms with Gasteiger partial charge in [-0.25, -0.2) is 0 Å². The van der Waals surface area contributed by atoms with E-state index in [-0.39, 0.29) is 67.9 Å². The Labute approximate surface area is 67.3 Å². The van der Waals surface area contributed by atoms with E-state index >= 15 is 0 Å². The van der Waals surface area contributed by atoms with Crippen molar-refractivity contribution in [2.24, 2.45) is 0 Å². The van der Waals surface area contributed by atoms with Gasteiger partial charge < -0.3 is 0 Å². The van der Waals surface area contributed by atoms with Crippen LogP contribution in [0.15, 0.2) is 0 Å². The van der Waals surface area contributed by atoms with Crippen LogP contribution in [-0.4, -0.2) is 51.4 Å². The average molecular weight is 140 g/mol. The molecule has 0 atom stereocenters. The Morgan fingerprint density at radius 2 is 1.00 bits per heavy atom. The molecule has 0 N–H and O–H groups in total. The van der Waals surface area contributed by atoms with Gasteiger partial charge in [-0.15, -0.1) is 0 Å². The molecule has 0 nitrogen and oxygen atoms in total. The van der Waals surface area contributed by atoms with Gasteiger partial charge in [-0.05, 0) is 0 Å². The first-order valence-corrected chi connectivity index (χ1v) is 0. The van der Waals surface area contributed by atoms with Crippen LogP contribution in [0.5, 0.6) is 0 Å². The largest absolute Gasteiger partial charge is 0.316 e. The summed E-state index contributed by atoms with van der Waals surface area (Å²) in [6, 6.07) is 0. The van der Waals surface area contributed by atoms with Gasteiger partial charge in [0.05, 0.1) is 0 Å². The topological polar surface area (TPSA) is 0 Å². The predicted octanol–water partition coefficient (Wildman–Crippen LogP) is -1.68. The molecular weight excluding hydrogens is 138 g/mol. The van der Waals surface area contributed by atoms with Crippen molar-refractivity contribution >= 4 is 51.4 Å². The Bertz CT molecular complexity index is 8.00. The van der Waals surface area contributed by atoms with Gasteiger partial charge in [0.25, 0.3) is 0 Å². The molecule has 0 saturated carbocycles. The third kappa shape index (κ3) is 8.99. The second kappa shape index (κ2) is 19.9. The van der Waals surface area contributed by atoms with Crippen molar-refractivity contribution in [2.75, 3.05) is 0 Å². The van der Waals surface area contributed by atoms with E-state index in [0.29, 0.717) is 0 Å². The molecule has 0 aliphatic heterocycles. The zero-order valence-corrected chi connectivity index (χ0v) is 4.54. The molecule has 7 radical (unpaired) electrons. The zero-order valence-electron chi connectivity index (χ0n) is 1.39. The normalized spacial score (nSPS) is 0. The average Bonchev–Trinajstić information content (AvgIpc) is 0. The molecule has 0 unspecified atom stereocenters. The van der Waals surface area contributed by atoms with Crippen LogP contribution in [0.4, 0.5) is 0 Å². The standard InChI is InChI=1S/Al.Mg.Ni.Si.2H.